The van der Waals surface area contributed by atoms with Gasteiger partial charge in [-0.25, -0.2) is 0 Å². The molecule has 0 unspecified atom stereocenters. The van der Waals surface area contributed by atoms with Crippen molar-refractivity contribution in [2.75, 3.05) is 26.7 Å². The Hall–Kier alpha value is -1.88. The Labute approximate surface area is 164 Å². The van der Waals surface area contributed by atoms with Gasteiger partial charge in [-0.1, -0.05) is 35.3 Å². The van der Waals surface area contributed by atoms with Gasteiger partial charge >= 0.3 is 6.18 Å². The van der Waals surface area contributed by atoms with E-state index >= 15 is 0 Å². The first-order valence-corrected chi connectivity index (χ1v) is 8.39. The molecule has 12 heteroatoms. The number of alkyl halides is 3. The van der Waals surface area contributed by atoms with E-state index in [1.165, 1.54) is 11.9 Å². The molecule has 0 saturated heterocycles. The molecule has 0 amide bonds. The van der Waals surface area contributed by atoms with Crippen molar-refractivity contribution in [1.82, 2.24) is 10.2 Å². The Morgan fingerprint density at radius 1 is 1.30 bits per heavy atom. The molecular weight excluding hydrogens is 408 g/mol. The Balaban J connectivity index is 2.64. The lowest BCUT2D eigenvalue weighted by molar-refractivity contribution is -0.207. The number of hydrogen-bond acceptors (Lipinski definition) is 5. The first kappa shape index (κ1) is 23.2. The molecule has 0 aliphatic heterocycles. The van der Waals surface area contributed by atoms with Crippen molar-refractivity contribution in [3.05, 3.63) is 39.6 Å². The lowest BCUT2D eigenvalue weighted by Gasteiger charge is -2.21. The maximum atomic E-state index is 12.3. The number of aliphatic hydroxyl groups excluding tert-OH is 1. The fraction of sp³-hybridized carbons (Fsp3) is 0.400. The number of nitrogens with one attached hydrogen (secondary N) is 1. The molecule has 0 spiro atoms. The topological polar surface area (TPSA) is 126 Å². The minimum Gasteiger partial charge on any atom is -0.395 e. The van der Waals surface area contributed by atoms with Crippen LogP contribution in [0.4, 0.5) is 13.2 Å². The minimum absolute atomic E-state index is 0.0127. The zero-order valence-corrected chi connectivity index (χ0v) is 15.9. The molecule has 0 aliphatic carbocycles. The van der Waals surface area contributed by atoms with E-state index in [9.17, 15) is 13.2 Å². The monoisotopic (exact) mass is 428 g/mol. The number of hydrogen-bond donors (Lipinski definition) is 5. The second kappa shape index (κ2) is 9.88. The van der Waals surface area contributed by atoms with Gasteiger partial charge < -0.3 is 32.5 Å². The molecule has 0 fully saturated rings. The van der Waals surface area contributed by atoms with Gasteiger partial charge in [0.15, 0.2) is 12.1 Å². The Morgan fingerprint density at radius 3 is 2.52 bits per heavy atom. The Bertz CT molecular complexity index is 711. The smallest absolute Gasteiger partial charge is 0.395 e. The van der Waals surface area contributed by atoms with Crippen molar-refractivity contribution < 1.29 is 18.3 Å². The van der Waals surface area contributed by atoms with Crippen molar-refractivity contribution in [3.63, 3.8) is 0 Å². The molecule has 0 aromatic heterocycles. The van der Waals surface area contributed by atoms with Gasteiger partial charge in [-0.05, 0) is 13.1 Å². The first-order chi connectivity index (χ1) is 12.4. The molecular formula is C15H21Cl2F3N6O. The van der Waals surface area contributed by atoms with Crippen LogP contribution < -0.4 is 22.5 Å². The number of likely N-dealkylation sites (N-methyl/N-ethyl adjacent to an activating group) is 1. The van der Waals surface area contributed by atoms with Crippen LogP contribution in [0, 0.1) is 0 Å². The van der Waals surface area contributed by atoms with E-state index in [1.807, 2.05) is 0 Å². The zero-order chi connectivity index (χ0) is 20.8. The second-order valence-corrected chi connectivity index (χ2v) is 6.43. The van der Waals surface area contributed by atoms with Crippen LogP contribution in [0.1, 0.15) is 5.56 Å². The van der Waals surface area contributed by atoms with E-state index in [0.717, 1.165) is 0 Å². The van der Waals surface area contributed by atoms with E-state index in [2.05, 4.69) is 10.3 Å². The maximum absolute atomic E-state index is 12.3. The van der Waals surface area contributed by atoms with Gasteiger partial charge in [0.1, 0.15) is 5.82 Å². The predicted molar refractivity (Wildman–Crippen MR) is 101 cm³/mol. The van der Waals surface area contributed by atoms with E-state index < -0.39 is 18.8 Å². The van der Waals surface area contributed by atoms with Crippen molar-refractivity contribution in [3.8, 4) is 0 Å². The Morgan fingerprint density at radius 2 is 1.93 bits per heavy atom. The molecule has 1 atom stereocenters. The summed E-state index contributed by atoms with van der Waals surface area (Å²) in [6.45, 7) is -0.367. The molecule has 1 rings (SSSR count). The highest BCUT2D eigenvalue weighted by Gasteiger charge is 2.38. The van der Waals surface area contributed by atoms with Gasteiger partial charge in [0.2, 0.25) is 0 Å². The summed E-state index contributed by atoms with van der Waals surface area (Å²) in [6, 6.07) is 4.85. The summed E-state index contributed by atoms with van der Waals surface area (Å²) in [5.41, 5.74) is 17.9. The fourth-order valence-electron chi connectivity index (χ4n) is 1.93. The normalized spacial score (nSPS) is 14.9. The third kappa shape index (κ3) is 7.33. The second-order valence-electron chi connectivity index (χ2n) is 5.64. The molecule has 8 N–H and O–H groups in total. The molecule has 1 aromatic rings. The van der Waals surface area contributed by atoms with Gasteiger partial charge in [0.25, 0.3) is 0 Å². The first-order valence-electron chi connectivity index (χ1n) is 7.63. The highest BCUT2D eigenvalue weighted by Crippen LogP contribution is 2.28. The summed E-state index contributed by atoms with van der Waals surface area (Å²) in [7, 11) is 1.42. The highest BCUT2D eigenvalue weighted by molar-refractivity contribution is 6.43. The van der Waals surface area contributed by atoms with E-state index in [0.29, 0.717) is 10.6 Å². The van der Waals surface area contributed by atoms with Crippen molar-refractivity contribution in [1.29, 1.82) is 0 Å². The quantitative estimate of drug-likeness (QED) is 0.329. The molecule has 152 valence electrons. The van der Waals surface area contributed by atoms with E-state index in [1.54, 1.807) is 18.2 Å². The van der Waals surface area contributed by atoms with Crippen LogP contribution in [0.5, 0.6) is 0 Å². The lowest BCUT2D eigenvalue weighted by atomic mass is 10.1. The van der Waals surface area contributed by atoms with Crippen LogP contribution in [0.3, 0.4) is 0 Å². The SMILES string of the molecule is CN(CCN=C(N)N/C(N)=C(\N)c1cccc(Cl)c1Cl)C[C@@H](O)C(F)(F)F. The summed E-state index contributed by atoms with van der Waals surface area (Å²) >= 11 is 12.0. The molecule has 0 bridgehead atoms. The van der Waals surface area contributed by atoms with Crippen LogP contribution in [-0.4, -0.2) is 54.9 Å². The molecule has 7 nitrogen and oxygen atoms in total. The van der Waals surface area contributed by atoms with Gasteiger partial charge in [-0.3, -0.25) is 4.99 Å². The summed E-state index contributed by atoms with van der Waals surface area (Å²) in [6.07, 6.45) is -7.10. The summed E-state index contributed by atoms with van der Waals surface area (Å²) < 4.78 is 36.9. The van der Waals surface area contributed by atoms with Gasteiger partial charge in [0, 0.05) is 18.7 Å². The standard InChI is InChI=1S/C15H21Cl2F3N6O/c1-26(7-10(27)15(18,19)20)6-5-24-14(23)25-13(22)12(21)8-3-2-4-9(16)11(8)17/h2-4,10,27H,5-7,21-22H2,1H3,(H3,23,24,25)/b13-12-/t10-/m1/s1. The Kier molecular flexibility index (Phi) is 8.48. The summed E-state index contributed by atoms with van der Waals surface area (Å²) in [5.74, 6) is -0.0976. The predicted octanol–water partition coefficient (Wildman–Crippen LogP) is 1.30. The molecule has 0 radical (unpaired) electrons. The number of aliphatic imine (C=N–C) groups is 1. The van der Waals surface area contributed by atoms with Gasteiger partial charge in [-0.2, -0.15) is 13.2 Å². The van der Waals surface area contributed by atoms with Crippen molar-refractivity contribution >= 4 is 34.9 Å². The average Bonchev–Trinajstić information content (AvgIpc) is 2.55. The minimum atomic E-state index is -4.67. The molecule has 0 saturated carbocycles. The van der Waals surface area contributed by atoms with Gasteiger partial charge in [-0.15, -0.1) is 0 Å². The zero-order valence-electron chi connectivity index (χ0n) is 14.4. The van der Waals surface area contributed by atoms with Crippen molar-refractivity contribution in [2.24, 2.45) is 22.2 Å². The fourth-order valence-corrected chi connectivity index (χ4v) is 2.34. The third-order valence-corrected chi connectivity index (χ3v) is 4.24. The molecule has 0 aliphatic rings. The van der Waals surface area contributed by atoms with Crippen LogP contribution in [-0.2, 0) is 0 Å². The number of guanidine groups is 1. The molecule has 0 heterocycles. The molecule has 1 aromatic carbocycles. The van der Waals surface area contributed by atoms with Gasteiger partial charge in [0.05, 0.1) is 22.3 Å². The number of halogens is 5. The number of benzene rings is 1. The maximum Gasteiger partial charge on any atom is 0.415 e. The van der Waals surface area contributed by atoms with E-state index in [4.69, 9.17) is 45.5 Å². The average molecular weight is 429 g/mol. The van der Waals surface area contributed by atoms with Crippen LogP contribution in [0.25, 0.3) is 5.70 Å². The summed E-state index contributed by atoms with van der Waals surface area (Å²) in [5, 5.41) is 12.1. The number of rotatable bonds is 7. The van der Waals surface area contributed by atoms with E-state index in [-0.39, 0.29) is 35.6 Å². The lowest BCUT2D eigenvalue weighted by Crippen LogP contribution is -2.40. The van der Waals surface area contributed by atoms with Crippen LogP contribution >= 0.6 is 23.2 Å². The molecule has 27 heavy (non-hydrogen) atoms. The highest BCUT2D eigenvalue weighted by atomic mass is 35.5. The number of aliphatic hydroxyl groups is 1. The largest absolute Gasteiger partial charge is 0.415 e. The summed E-state index contributed by atoms with van der Waals surface area (Å²) in [4.78, 5) is 5.21. The number of nitrogens with two attached hydrogens (primary N) is 3. The number of nitrogens with zero attached hydrogens (tertiary/aromatic N) is 2. The van der Waals surface area contributed by atoms with Crippen LogP contribution in [0.2, 0.25) is 10.0 Å². The third-order valence-electron chi connectivity index (χ3n) is 3.42. The van der Waals surface area contributed by atoms with Crippen molar-refractivity contribution in [2.45, 2.75) is 12.3 Å². The van der Waals surface area contributed by atoms with Crippen LogP contribution in [0.15, 0.2) is 29.0 Å².